The number of nitrogens with two attached hydrogens (primary N) is 2. The smallest absolute Gasteiger partial charge is 0.252 e. The molecule has 0 bridgehead atoms. The van der Waals surface area contributed by atoms with Gasteiger partial charge >= 0.3 is 0 Å². The number of primary amides is 2. The molecule has 2 amide bonds. The summed E-state index contributed by atoms with van der Waals surface area (Å²) in [7, 11) is 1.65. The second-order valence-corrected chi connectivity index (χ2v) is 9.60. The molecule has 0 radical (unpaired) electrons. The van der Waals surface area contributed by atoms with Crippen molar-refractivity contribution in [3.8, 4) is 11.5 Å². The van der Waals surface area contributed by atoms with E-state index < -0.39 is 23.7 Å². The van der Waals surface area contributed by atoms with Crippen molar-refractivity contribution in [3.63, 3.8) is 0 Å². The zero-order chi connectivity index (χ0) is 24.7. The van der Waals surface area contributed by atoms with E-state index in [2.05, 4.69) is 0 Å². The summed E-state index contributed by atoms with van der Waals surface area (Å²) in [5.41, 5.74) is 17.3. The molecular formula is C29H30N2O4. The van der Waals surface area contributed by atoms with E-state index in [4.69, 9.17) is 16.2 Å². The van der Waals surface area contributed by atoms with Crippen LogP contribution in [0.2, 0.25) is 0 Å². The van der Waals surface area contributed by atoms with Crippen LogP contribution in [0, 0.1) is 5.92 Å². The van der Waals surface area contributed by atoms with E-state index in [9.17, 15) is 14.7 Å². The molecule has 2 aliphatic carbocycles. The standard InChI is InChI=1S/C29H30N2O4/c1-35-24-9-5-4-7-19(24)17-10-11-18-15-23(26(29(31)34)27(32)22(18)14-17)25-20-8-3-2-6-16(20)12-13-21(25)28(30)33/h2-9,15,17,21,25,32H,10-14H2,1H3,(H2,30,33)(H2,31,34)/i30+2. The van der Waals surface area contributed by atoms with Crippen LogP contribution in [0.5, 0.6) is 11.5 Å². The highest BCUT2D eigenvalue weighted by molar-refractivity contribution is 5.98. The minimum atomic E-state index is -0.703. The number of fused-ring (bicyclic) bond motifs is 2. The number of para-hydroxylation sites is 1. The maximum Gasteiger partial charge on any atom is 0.252 e. The van der Waals surface area contributed by atoms with Crippen LogP contribution < -0.4 is 16.2 Å². The van der Waals surface area contributed by atoms with Crippen molar-refractivity contribution in [2.45, 2.75) is 43.9 Å². The van der Waals surface area contributed by atoms with Crippen LogP contribution in [0.3, 0.4) is 0 Å². The lowest BCUT2D eigenvalue weighted by atomic mass is 9.69. The third-order valence-corrected chi connectivity index (χ3v) is 7.78. The molecule has 35 heavy (non-hydrogen) atoms. The molecule has 0 fully saturated rings. The first-order valence-corrected chi connectivity index (χ1v) is 12.1. The number of benzene rings is 3. The van der Waals surface area contributed by atoms with Gasteiger partial charge in [-0.1, -0.05) is 48.5 Å². The maximum absolute atomic E-state index is 12.7. The Bertz CT molecular complexity index is 1320. The molecule has 3 aromatic carbocycles. The van der Waals surface area contributed by atoms with Crippen LogP contribution in [-0.2, 0) is 24.1 Å². The summed E-state index contributed by atoms with van der Waals surface area (Å²) in [4.78, 5) is 25.2. The van der Waals surface area contributed by atoms with E-state index in [1.54, 1.807) is 7.11 Å². The Morgan fingerprint density at radius 2 is 1.66 bits per heavy atom. The number of aryl methyl sites for hydroxylation is 2. The first kappa shape index (κ1) is 23.0. The molecule has 180 valence electrons. The van der Waals surface area contributed by atoms with Gasteiger partial charge in [-0.3, -0.25) is 9.59 Å². The molecule has 0 saturated carbocycles. The topological polar surface area (TPSA) is 116 Å². The van der Waals surface area contributed by atoms with Gasteiger partial charge in [0.25, 0.3) is 5.91 Å². The Balaban J connectivity index is 1.65. The number of carbonyl (C=O) groups is 2. The number of amides is 2. The van der Waals surface area contributed by atoms with Crippen molar-refractivity contribution in [3.05, 3.63) is 93.5 Å². The van der Waals surface area contributed by atoms with Crippen LogP contribution in [-0.4, -0.2) is 24.0 Å². The summed E-state index contributed by atoms with van der Waals surface area (Å²) >= 11 is 0. The third kappa shape index (κ3) is 3.93. The second kappa shape index (κ2) is 9.10. The minimum absolute atomic E-state index is 0.0733. The average molecular weight is 473 g/mol. The zero-order valence-corrected chi connectivity index (χ0v) is 19.8. The van der Waals surface area contributed by atoms with Gasteiger partial charge in [0.2, 0.25) is 5.91 Å². The van der Waals surface area contributed by atoms with E-state index in [-0.39, 0.29) is 17.2 Å². The van der Waals surface area contributed by atoms with E-state index in [1.165, 1.54) is 0 Å². The SMILES string of the molecule is COc1ccccc1C1CCc2cc(C3c4ccccc4CCC3C([16NH2])=O)c(C(N)=O)c(O)c2C1. The zero-order valence-electron chi connectivity index (χ0n) is 19.8. The molecule has 2 aliphatic rings. The lowest BCUT2D eigenvalue weighted by Crippen LogP contribution is -2.34. The van der Waals surface area contributed by atoms with Crippen LogP contribution in [0.25, 0.3) is 0 Å². The average Bonchev–Trinajstić information content (AvgIpc) is 2.87. The van der Waals surface area contributed by atoms with Gasteiger partial charge in [0, 0.05) is 11.8 Å². The summed E-state index contributed by atoms with van der Waals surface area (Å²) < 4.78 is 5.56. The molecule has 0 aliphatic heterocycles. The van der Waals surface area contributed by atoms with E-state index in [1.807, 2.05) is 54.6 Å². The first-order chi connectivity index (χ1) is 16.9. The highest BCUT2D eigenvalue weighted by atomic mass is 16.5. The van der Waals surface area contributed by atoms with Gasteiger partial charge in [0.1, 0.15) is 11.5 Å². The Morgan fingerprint density at radius 3 is 2.37 bits per heavy atom. The Kier molecular flexibility index (Phi) is 5.97. The number of ether oxygens (including phenoxy) is 1. The molecule has 0 spiro atoms. The van der Waals surface area contributed by atoms with E-state index >= 15 is 0 Å². The van der Waals surface area contributed by atoms with Crippen molar-refractivity contribution in [1.29, 1.82) is 0 Å². The third-order valence-electron chi connectivity index (χ3n) is 7.78. The lowest BCUT2D eigenvalue weighted by molar-refractivity contribution is -0.122. The molecule has 6 heteroatoms. The fraction of sp³-hybridized carbons (Fsp3) is 0.310. The first-order valence-electron chi connectivity index (χ1n) is 12.1. The molecule has 3 atom stereocenters. The van der Waals surface area contributed by atoms with E-state index in [0.717, 1.165) is 52.8 Å². The number of hydrogen-bond acceptors (Lipinski definition) is 4. The highest BCUT2D eigenvalue weighted by Crippen LogP contribution is 2.47. The fourth-order valence-electron chi connectivity index (χ4n) is 6.14. The molecule has 0 aromatic heterocycles. The van der Waals surface area contributed by atoms with Crippen molar-refractivity contribution in [1.82, 2.24) is 0 Å². The molecule has 0 heterocycles. The summed E-state index contributed by atoms with van der Waals surface area (Å²) in [6, 6.07) is 17.8. The molecule has 5 rings (SSSR count). The Hall–Kier alpha value is -3.80. The second-order valence-electron chi connectivity index (χ2n) is 9.60. The number of carbonyl (C=O) groups excluding carboxylic acids is 2. The molecule has 3 aromatic rings. The van der Waals surface area contributed by atoms with Gasteiger partial charge < -0.3 is 21.3 Å². The van der Waals surface area contributed by atoms with Crippen LogP contribution in [0.1, 0.15) is 68.4 Å². The monoisotopic (exact) mass is 472 g/mol. The van der Waals surface area contributed by atoms with Crippen molar-refractivity contribution in [2.24, 2.45) is 17.4 Å². The van der Waals surface area contributed by atoms with Crippen LogP contribution in [0.4, 0.5) is 0 Å². The van der Waals surface area contributed by atoms with Crippen molar-refractivity contribution >= 4 is 11.8 Å². The molecule has 6 nitrogen and oxygen atoms in total. The molecule has 3 unspecified atom stereocenters. The normalized spacial score (nSPS) is 21.0. The van der Waals surface area contributed by atoms with Gasteiger partial charge in [-0.05, 0) is 77.5 Å². The van der Waals surface area contributed by atoms with Crippen LogP contribution >= 0.6 is 0 Å². The van der Waals surface area contributed by atoms with Crippen molar-refractivity contribution < 1.29 is 19.4 Å². The van der Waals surface area contributed by atoms with Gasteiger partial charge in [-0.25, -0.2) is 0 Å². The lowest BCUT2D eigenvalue weighted by Gasteiger charge is -2.35. The molecular weight excluding hydrogens is 442 g/mol. The molecule has 5 N–H and O–H groups in total. The van der Waals surface area contributed by atoms with Crippen LogP contribution in [0.15, 0.2) is 54.6 Å². The summed E-state index contributed by atoms with van der Waals surface area (Å²) in [5, 5.41) is 11.4. The molecule has 0 saturated heterocycles. The van der Waals surface area contributed by atoms with Gasteiger partial charge in [0.15, 0.2) is 0 Å². The van der Waals surface area contributed by atoms with Gasteiger partial charge in [0.05, 0.1) is 12.7 Å². The fourth-order valence-corrected chi connectivity index (χ4v) is 6.14. The van der Waals surface area contributed by atoms with Gasteiger partial charge in [-0.15, -0.1) is 0 Å². The number of aromatic hydroxyl groups is 1. The quantitative estimate of drug-likeness (QED) is 0.521. The number of methoxy groups -OCH3 is 1. The van der Waals surface area contributed by atoms with Crippen molar-refractivity contribution in [2.75, 3.05) is 7.11 Å². The van der Waals surface area contributed by atoms with E-state index in [0.29, 0.717) is 18.4 Å². The predicted molar refractivity (Wildman–Crippen MR) is 134 cm³/mol. The summed E-state index contributed by atoms with van der Waals surface area (Å²) in [6.07, 6.45) is 3.51. The largest absolute Gasteiger partial charge is 0.507 e. The number of hydrogen-bond donors (Lipinski definition) is 3. The van der Waals surface area contributed by atoms with Gasteiger partial charge in [-0.2, -0.15) is 0 Å². The Labute approximate surface area is 204 Å². The number of phenols is 1. The summed E-state index contributed by atoms with van der Waals surface area (Å²) in [6.45, 7) is 0. The summed E-state index contributed by atoms with van der Waals surface area (Å²) in [5.74, 6) is -1.14. The predicted octanol–water partition coefficient (Wildman–Crippen LogP) is 3.95. The number of rotatable bonds is 5. The Morgan fingerprint density at radius 1 is 0.971 bits per heavy atom. The minimum Gasteiger partial charge on any atom is -0.507 e. The highest BCUT2D eigenvalue weighted by Gasteiger charge is 2.38. The maximum atomic E-state index is 12.7.